The van der Waals surface area contributed by atoms with E-state index in [1.165, 1.54) is 38.8 Å². The molecule has 3 atom stereocenters. The Bertz CT molecular complexity index is 256. The lowest BCUT2D eigenvalue weighted by Crippen LogP contribution is -2.48. The van der Waals surface area contributed by atoms with Crippen molar-refractivity contribution < 1.29 is 4.74 Å². The summed E-state index contributed by atoms with van der Waals surface area (Å²) in [5, 5.41) is 3.63. The summed E-state index contributed by atoms with van der Waals surface area (Å²) in [7, 11) is 4.50. The van der Waals surface area contributed by atoms with Crippen molar-refractivity contribution in [2.24, 2.45) is 0 Å². The molecule has 1 N–H and O–H groups in total. The van der Waals surface area contributed by atoms with E-state index in [1.54, 1.807) is 0 Å². The Morgan fingerprint density at radius 3 is 2.89 bits per heavy atom. The predicted molar refractivity (Wildman–Crippen MR) is 79.6 cm³/mol. The highest BCUT2D eigenvalue weighted by Gasteiger charge is 2.23. The maximum absolute atomic E-state index is 5.72. The number of likely N-dealkylation sites (N-methyl/N-ethyl adjacent to an activating group) is 2. The Kier molecular flexibility index (Phi) is 6.07. The average molecular weight is 269 g/mol. The van der Waals surface area contributed by atoms with Gasteiger partial charge >= 0.3 is 0 Å². The number of likely N-dealkylation sites (tertiary alicyclic amines) is 1. The number of hydrogen-bond acceptors (Lipinski definition) is 4. The molecule has 0 saturated carbocycles. The summed E-state index contributed by atoms with van der Waals surface area (Å²) in [4.78, 5) is 4.97. The quantitative estimate of drug-likeness (QED) is 0.783. The van der Waals surface area contributed by atoms with Crippen LogP contribution in [0.15, 0.2) is 0 Å². The first kappa shape index (κ1) is 15.2. The van der Waals surface area contributed by atoms with Gasteiger partial charge in [-0.25, -0.2) is 0 Å². The zero-order chi connectivity index (χ0) is 13.7. The van der Waals surface area contributed by atoms with Crippen molar-refractivity contribution in [1.29, 1.82) is 0 Å². The normalized spacial score (nSPS) is 30.9. The smallest absolute Gasteiger partial charge is 0.0726 e. The Labute approximate surface area is 118 Å². The molecule has 0 aromatic carbocycles. The van der Waals surface area contributed by atoms with Crippen LogP contribution >= 0.6 is 0 Å². The molecular formula is C15H31N3O. The summed E-state index contributed by atoms with van der Waals surface area (Å²) in [6.45, 7) is 7.89. The van der Waals surface area contributed by atoms with E-state index in [0.29, 0.717) is 12.1 Å². The Balaban J connectivity index is 1.61. The molecule has 0 radical (unpaired) electrons. The molecule has 2 saturated heterocycles. The van der Waals surface area contributed by atoms with Crippen LogP contribution in [0.4, 0.5) is 0 Å². The fraction of sp³-hybridized carbons (Fsp3) is 1.00. The van der Waals surface area contributed by atoms with Gasteiger partial charge in [0.15, 0.2) is 0 Å². The van der Waals surface area contributed by atoms with Crippen molar-refractivity contribution in [3.8, 4) is 0 Å². The Hall–Kier alpha value is -0.160. The van der Waals surface area contributed by atoms with Crippen LogP contribution in [0.3, 0.4) is 0 Å². The summed E-state index contributed by atoms with van der Waals surface area (Å²) < 4.78 is 5.72. The molecule has 0 amide bonds. The van der Waals surface area contributed by atoms with E-state index in [2.05, 4.69) is 36.1 Å². The molecule has 4 nitrogen and oxygen atoms in total. The third-order valence-corrected chi connectivity index (χ3v) is 4.68. The molecule has 4 heteroatoms. The maximum Gasteiger partial charge on any atom is 0.0726 e. The van der Waals surface area contributed by atoms with Crippen LogP contribution in [0, 0.1) is 0 Å². The molecular weight excluding hydrogens is 238 g/mol. The van der Waals surface area contributed by atoms with E-state index in [0.717, 1.165) is 25.7 Å². The molecule has 2 heterocycles. The standard InChI is InChI=1S/C15H31N3O/c1-13(15-7-5-11-19-15)16-8-10-18(3)14-6-4-9-17(2)12-14/h13-16H,4-12H2,1-3H3. The fourth-order valence-electron chi connectivity index (χ4n) is 3.28. The first-order chi connectivity index (χ1) is 9.16. The third kappa shape index (κ3) is 4.71. The van der Waals surface area contributed by atoms with Crippen LogP contribution in [-0.2, 0) is 4.74 Å². The topological polar surface area (TPSA) is 27.7 Å². The summed E-state index contributed by atoms with van der Waals surface area (Å²) in [6.07, 6.45) is 5.57. The molecule has 2 rings (SSSR count). The van der Waals surface area contributed by atoms with Crippen molar-refractivity contribution in [2.75, 3.05) is 46.9 Å². The van der Waals surface area contributed by atoms with Crippen molar-refractivity contribution in [3.63, 3.8) is 0 Å². The van der Waals surface area contributed by atoms with Crippen molar-refractivity contribution in [2.45, 2.75) is 50.8 Å². The van der Waals surface area contributed by atoms with Crippen LogP contribution < -0.4 is 5.32 Å². The Morgan fingerprint density at radius 1 is 1.37 bits per heavy atom. The van der Waals surface area contributed by atoms with Crippen LogP contribution in [-0.4, -0.2) is 74.9 Å². The van der Waals surface area contributed by atoms with Gasteiger partial charge in [-0.15, -0.1) is 0 Å². The first-order valence-electron chi connectivity index (χ1n) is 7.90. The molecule has 112 valence electrons. The summed E-state index contributed by atoms with van der Waals surface area (Å²) in [5.41, 5.74) is 0. The van der Waals surface area contributed by atoms with E-state index in [9.17, 15) is 0 Å². The van der Waals surface area contributed by atoms with Gasteiger partial charge in [0.25, 0.3) is 0 Å². The first-order valence-corrected chi connectivity index (χ1v) is 7.90. The second-order valence-corrected chi connectivity index (χ2v) is 6.33. The highest BCUT2D eigenvalue weighted by molar-refractivity contribution is 4.80. The molecule has 2 aliphatic rings. The van der Waals surface area contributed by atoms with Gasteiger partial charge in [0.05, 0.1) is 6.10 Å². The SMILES string of the molecule is CC(NCCN(C)C1CCCN(C)C1)C1CCCO1. The van der Waals surface area contributed by atoms with Crippen LogP contribution in [0.2, 0.25) is 0 Å². The molecule has 3 unspecified atom stereocenters. The molecule has 2 fully saturated rings. The van der Waals surface area contributed by atoms with Gasteiger partial charge in [-0.05, 0) is 53.2 Å². The monoisotopic (exact) mass is 269 g/mol. The van der Waals surface area contributed by atoms with Crippen molar-refractivity contribution >= 4 is 0 Å². The number of hydrogen-bond donors (Lipinski definition) is 1. The maximum atomic E-state index is 5.72. The van der Waals surface area contributed by atoms with Gasteiger partial charge in [-0.2, -0.15) is 0 Å². The number of piperidine rings is 1. The van der Waals surface area contributed by atoms with Crippen LogP contribution in [0.1, 0.15) is 32.6 Å². The molecule has 0 aromatic rings. The molecule has 0 aromatic heterocycles. The van der Waals surface area contributed by atoms with Gasteiger partial charge in [-0.3, -0.25) is 0 Å². The van der Waals surface area contributed by atoms with Gasteiger partial charge < -0.3 is 19.9 Å². The number of nitrogens with zero attached hydrogens (tertiary/aromatic N) is 2. The average Bonchev–Trinajstić information content (AvgIpc) is 2.92. The zero-order valence-electron chi connectivity index (χ0n) is 12.9. The summed E-state index contributed by atoms with van der Waals surface area (Å²) in [6, 6.07) is 1.23. The highest BCUT2D eigenvalue weighted by atomic mass is 16.5. The summed E-state index contributed by atoms with van der Waals surface area (Å²) in [5.74, 6) is 0. The lowest BCUT2D eigenvalue weighted by molar-refractivity contribution is 0.0808. The van der Waals surface area contributed by atoms with Gasteiger partial charge in [0.1, 0.15) is 0 Å². The second-order valence-electron chi connectivity index (χ2n) is 6.33. The van der Waals surface area contributed by atoms with Crippen molar-refractivity contribution in [1.82, 2.24) is 15.1 Å². The number of rotatable bonds is 6. The lowest BCUT2D eigenvalue weighted by atomic mass is 10.1. The largest absolute Gasteiger partial charge is 0.377 e. The van der Waals surface area contributed by atoms with E-state index in [4.69, 9.17) is 4.74 Å². The van der Waals surface area contributed by atoms with Crippen LogP contribution in [0.5, 0.6) is 0 Å². The van der Waals surface area contributed by atoms with E-state index >= 15 is 0 Å². The molecule has 0 aliphatic carbocycles. The Morgan fingerprint density at radius 2 is 2.21 bits per heavy atom. The molecule has 0 bridgehead atoms. The minimum Gasteiger partial charge on any atom is -0.377 e. The van der Waals surface area contributed by atoms with E-state index < -0.39 is 0 Å². The molecule has 2 aliphatic heterocycles. The zero-order valence-corrected chi connectivity index (χ0v) is 12.9. The molecule has 0 spiro atoms. The van der Waals surface area contributed by atoms with Gasteiger partial charge in [0.2, 0.25) is 0 Å². The minimum absolute atomic E-state index is 0.436. The van der Waals surface area contributed by atoms with Crippen molar-refractivity contribution in [3.05, 3.63) is 0 Å². The predicted octanol–water partition coefficient (Wildman–Crippen LogP) is 1.17. The highest BCUT2D eigenvalue weighted by Crippen LogP contribution is 2.15. The minimum atomic E-state index is 0.436. The number of nitrogens with one attached hydrogen (secondary N) is 1. The summed E-state index contributed by atoms with van der Waals surface area (Å²) >= 11 is 0. The van der Waals surface area contributed by atoms with Gasteiger partial charge in [-0.1, -0.05) is 0 Å². The number of ether oxygens (including phenoxy) is 1. The fourth-order valence-corrected chi connectivity index (χ4v) is 3.28. The van der Waals surface area contributed by atoms with E-state index in [1.807, 2.05) is 0 Å². The lowest BCUT2D eigenvalue weighted by Gasteiger charge is -2.36. The molecule has 19 heavy (non-hydrogen) atoms. The third-order valence-electron chi connectivity index (χ3n) is 4.68. The van der Waals surface area contributed by atoms with Crippen LogP contribution in [0.25, 0.3) is 0 Å². The second kappa shape index (κ2) is 7.58. The van der Waals surface area contributed by atoms with Gasteiger partial charge in [0, 0.05) is 38.3 Å². The van der Waals surface area contributed by atoms with E-state index in [-0.39, 0.29) is 0 Å².